The Bertz CT molecular complexity index is 1860. The van der Waals surface area contributed by atoms with Gasteiger partial charge in [-0.05, 0) is 37.5 Å². The van der Waals surface area contributed by atoms with Gasteiger partial charge in [0.05, 0.1) is 26.4 Å². The number of carbonyl (C=O) groups excluding carboxylic acids is 4. The molecular weight excluding hydrogens is 1260 g/mol. The third-order valence-electron chi connectivity index (χ3n) is 18.0. The van der Waals surface area contributed by atoms with Crippen LogP contribution in [0.2, 0.25) is 0 Å². The minimum Gasteiger partial charge on any atom is -0.462 e. The number of phosphoric ester groups is 2. The molecule has 0 aliphatic heterocycles. The van der Waals surface area contributed by atoms with Gasteiger partial charge in [-0.15, -0.1) is 0 Å². The average molecular weight is 1410 g/mol. The van der Waals surface area contributed by atoms with Gasteiger partial charge < -0.3 is 33.8 Å². The lowest BCUT2D eigenvalue weighted by Crippen LogP contribution is -2.30. The van der Waals surface area contributed by atoms with E-state index in [1.807, 2.05) is 0 Å². The number of phosphoric acid groups is 2. The quantitative estimate of drug-likeness (QED) is 0.0222. The van der Waals surface area contributed by atoms with Crippen LogP contribution in [0.5, 0.6) is 0 Å². The Morgan fingerprint density at radius 3 is 0.708 bits per heavy atom. The second kappa shape index (κ2) is 68.8. The topological polar surface area (TPSA) is 237 Å². The van der Waals surface area contributed by atoms with E-state index in [9.17, 15) is 43.2 Å². The van der Waals surface area contributed by atoms with Crippen molar-refractivity contribution in [1.82, 2.24) is 0 Å². The fourth-order valence-electron chi connectivity index (χ4n) is 11.8. The third-order valence-corrected chi connectivity index (χ3v) is 19.9. The van der Waals surface area contributed by atoms with Crippen molar-refractivity contribution < 1.29 is 80.2 Å². The van der Waals surface area contributed by atoms with Crippen LogP contribution < -0.4 is 0 Å². The van der Waals surface area contributed by atoms with Crippen molar-refractivity contribution in [3.05, 3.63) is 0 Å². The Morgan fingerprint density at radius 1 is 0.281 bits per heavy atom. The number of hydrogen-bond donors (Lipinski definition) is 3. The maximum Gasteiger partial charge on any atom is 0.472 e. The van der Waals surface area contributed by atoms with Crippen LogP contribution in [0.25, 0.3) is 0 Å². The first-order valence-corrected chi connectivity index (χ1v) is 43.0. The number of aliphatic hydroxyl groups is 1. The fourth-order valence-corrected chi connectivity index (χ4v) is 13.4. The molecule has 0 rings (SSSR count). The highest BCUT2D eigenvalue weighted by atomic mass is 31.2. The summed E-state index contributed by atoms with van der Waals surface area (Å²) in [6.07, 6.45) is 56.7. The third kappa shape index (κ3) is 70.5. The summed E-state index contributed by atoms with van der Waals surface area (Å²) in [5, 5.41) is 10.6. The van der Waals surface area contributed by atoms with E-state index in [2.05, 4.69) is 41.5 Å². The first kappa shape index (κ1) is 94.1. The summed E-state index contributed by atoms with van der Waals surface area (Å²) in [7, 11) is -9.91. The number of unbranched alkanes of at least 4 members (excludes halogenated alkanes) is 46. The van der Waals surface area contributed by atoms with Crippen molar-refractivity contribution in [1.29, 1.82) is 0 Å². The molecule has 0 aliphatic carbocycles. The van der Waals surface area contributed by atoms with Gasteiger partial charge in [-0.25, -0.2) is 9.13 Å². The highest BCUT2D eigenvalue weighted by molar-refractivity contribution is 7.47. The maximum atomic E-state index is 13.1. The zero-order valence-corrected chi connectivity index (χ0v) is 64.5. The largest absolute Gasteiger partial charge is 0.472 e. The molecule has 0 radical (unpaired) electrons. The minimum absolute atomic E-state index is 0.108. The molecule has 2 unspecified atom stereocenters. The minimum atomic E-state index is -4.96. The van der Waals surface area contributed by atoms with Crippen LogP contribution in [0.3, 0.4) is 0 Å². The Balaban J connectivity index is 5.24. The van der Waals surface area contributed by atoms with Crippen LogP contribution in [0.15, 0.2) is 0 Å². The van der Waals surface area contributed by atoms with Crippen LogP contribution in [-0.2, 0) is 65.4 Å². The van der Waals surface area contributed by atoms with Gasteiger partial charge in [-0.1, -0.05) is 350 Å². The fraction of sp³-hybridized carbons (Fsp3) is 0.948. The molecule has 5 atom stereocenters. The molecule has 0 aromatic carbocycles. The van der Waals surface area contributed by atoms with Gasteiger partial charge in [0.15, 0.2) is 12.2 Å². The summed E-state index contributed by atoms with van der Waals surface area (Å²) in [5.74, 6) is -0.544. The van der Waals surface area contributed by atoms with Crippen LogP contribution in [0.4, 0.5) is 0 Å². The van der Waals surface area contributed by atoms with Crippen molar-refractivity contribution in [2.75, 3.05) is 39.6 Å². The smallest absolute Gasteiger partial charge is 0.462 e. The van der Waals surface area contributed by atoms with Crippen molar-refractivity contribution in [2.24, 2.45) is 11.8 Å². The molecule has 0 aliphatic rings. The monoisotopic (exact) mass is 1410 g/mol. The molecule has 0 bridgehead atoms. The summed E-state index contributed by atoms with van der Waals surface area (Å²) < 4.78 is 68.6. The Kier molecular flexibility index (Phi) is 67.4. The van der Waals surface area contributed by atoms with E-state index < -0.39 is 97.5 Å². The van der Waals surface area contributed by atoms with E-state index in [-0.39, 0.29) is 25.7 Å². The zero-order valence-electron chi connectivity index (χ0n) is 62.7. The van der Waals surface area contributed by atoms with E-state index >= 15 is 0 Å². The normalized spacial score (nSPS) is 14.0. The summed E-state index contributed by atoms with van der Waals surface area (Å²) in [6.45, 7) is 9.63. The second-order valence-electron chi connectivity index (χ2n) is 28.7. The molecule has 0 heterocycles. The number of esters is 4. The van der Waals surface area contributed by atoms with Gasteiger partial charge >= 0.3 is 39.5 Å². The molecule has 0 amide bonds. The molecule has 0 aromatic heterocycles. The molecule has 0 saturated heterocycles. The van der Waals surface area contributed by atoms with Crippen molar-refractivity contribution in [3.8, 4) is 0 Å². The zero-order chi connectivity index (χ0) is 70.7. The first-order chi connectivity index (χ1) is 46.4. The number of rotatable bonds is 76. The highest BCUT2D eigenvalue weighted by Crippen LogP contribution is 2.45. The van der Waals surface area contributed by atoms with Crippen LogP contribution in [0, 0.1) is 11.8 Å². The Hall–Kier alpha value is -1.94. The van der Waals surface area contributed by atoms with Gasteiger partial charge in [0.1, 0.15) is 19.3 Å². The van der Waals surface area contributed by atoms with Gasteiger partial charge in [-0.3, -0.25) is 37.3 Å². The molecule has 0 saturated carbocycles. The summed E-state index contributed by atoms with van der Waals surface area (Å²) in [6, 6.07) is 0. The predicted octanol–water partition coefficient (Wildman–Crippen LogP) is 22.7. The predicted molar refractivity (Wildman–Crippen MR) is 391 cm³/mol. The average Bonchev–Trinajstić information content (AvgIpc) is 1.84. The van der Waals surface area contributed by atoms with E-state index in [1.54, 1.807) is 0 Å². The summed E-state index contributed by atoms with van der Waals surface area (Å²) in [5.41, 5.74) is 0. The molecule has 96 heavy (non-hydrogen) atoms. The molecular formula is C77H150O17P2. The van der Waals surface area contributed by atoms with E-state index in [0.29, 0.717) is 25.7 Å². The van der Waals surface area contributed by atoms with Crippen LogP contribution >= 0.6 is 15.6 Å². The van der Waals surface area contributed by atoms with Gasteiger partial charge in [0.25, 0.3) is 0 Å². The highest BCUT2D eigenvalue weighted by Gasteiger charge is 2.30. The Labute approximate surface area is 588 Å². The first-order valence-electron chi connectivity index (χ1n) is 40.0. The Morgan fingerprint density at radius 2 is 0.479 bits per heavy atom. The van der Waals surface area contributed by atoms with Gasteiger partial charge in [-0.2, -0.15) is 0 Å². The van der Waals surface area contributed by atoms with Gasteiger partial charge in [0.2, 0.25) is 0 Å². The van der Waals surface area contributed by atoms with Crippen LogP contribution in [0.1, 0.15) is 401 Å². The van der Waals surface area contributed by atoms with Crippen molar-refractivity contribution >= 4 is 39.5 Å². The maximum absolute atomic E-state index is 13.1. The second-order valence-corrected chi connectivity index (χ2v) is 31.6. The van der Waals surface area contributed by atoms with E-state index in [1.165, 1.54) is 218 Å². The SMILES string of the molecule is CCCCCCCCCCCCCCC(=O)OC[C@H](COP(=O)(O)OC[C@H](O)COP(=O)(O)OC[C@@H](COC(=O)CCCCCCCCCCCCC(C)C)OC(=O)CCCCCCCCCCCCCCCCCCC(C)C)OC(=O)CCCCCCCCCCCCCC. The van der Waals surface area contributed by atoms with E-state index in [0.717, 1.165) is 102 Å². The molecule has 0 aromatic rings. The lowest BCUT2D eigenvalue weighted by molar-refractivity contribution is -0.161. The standard InChI is InChI=1S/C77H150O17P2/c1-7-9-11-13-15-17-19-28-35-41-47-53-59-74(79)87-65-72(93-76(81)61-55-49-43-37-29-20-18-16-14-12-10-8-2)67-91-95(83,84)89-63-71(78)64-90-96(85,86)92-68-73(66-88-75(80)60-54-48-42-36-32-31-34-40-46-52-58-70(5)6)94-77(82)62-56-50-44-38-30-26-24-22-21-23-25-27-33-39-45-51-57-69(3)4/h69-73,78H,7-68H2,1-6H3,(H,83,84)(H,85,86)/t71-,72+,73+/m0/s1. The van der Waals surface area contributed by atoms with E-state index in [4.69, 9.17) is 37.0 Å². The number of carbonyl (C=O) groups is 4. The molecule has 3 N–H and O–H groups in total. The lowest BCUT2D eigenvalue weighted by atomic mass is 10.0. The molecule has 570 valence electrons. The van der Waals surface area contributed by atoms with Crippen LogP contribution in [-0.4, -0.2) is 96.7 Å². The lowest BCUT2D eigenvalue weighted by Gasteiger charge is -2.21. The summed E-state index contributed by atoms with van der Waals surface area (Å²) >= 11 is 0. The summed E-state index contributed by atoms with van der Waals surface area (Å²) in [4.78, 5) is 72.9. The molecule has 17 nitrogen and oxygen atoms in total. The molecule has 0 spiro atoms. The van der Waals surface area contributed by atoms with Crippen molar-refractivity contribution in [2.45, 2.75) is 419 Å². The number of ether oxygens (including phenoxy) is 4. The molecule has 0 fully saturated rings. The number of hydrogen-bond acceptors (Lipinski definition) is 15. The molecule has 19 heteroatoms. The van der Waals surface area contributed by atoms with Gasteiger partial charge in [0, 0.05) is 25.7 Å². The van der Waals surface area contributed by atoms with Crippen molar-refractivity contribution in [3.63, 3.8) is 0 Å². The number of aliphatic hydroxyl groups excluding tert-OH is 1.